The number of hydrogen-bond acceptors (Lipinski definition) is 4. The average molecular weight is 350 g/mol. The predicted octanol–water partition coefficient (Wildman–Crippen LogP) is 2.84. The number of nitrogens with one attached hydrogen (secondary N) is 2. The Bertz CT molecular complexity index is 592. The Morgan fingerprint density at radius 2 is 1.92 bits per heavy atom. The number of carbonyl (C=O) groups is 1. The van der Waals surface area contributed by atoms with Crippen molar-refractivity contribution in [2.24, 2.45) is 5.73 Å². The van der Waals surface area contributed by atoms with Gasteiger partial charge >= 0.3 is 6.09 Å². The van der Waals surface area contributed by atoms with Crippen LogP contribution >= 0.6 is 12.2 Å². The van der Waals surface area contributed by atoms with Gasteiger partial charge in [0.2, 0.25) is 0 Å². The summed E-state index contributed by atoms with van der Waals surface area (Å²) >= 11 is 4.93. The SMILES string of the molecule is CC(C)(C)OC(=O)NC1CCN(c2ccccc2NC(N)=S)CC1. The topological polar surface area (TPSA) is 79.6 Å². The lowest BCUT2D eigenvalue weighted by Crippen LogP contribution is -2.46. The molecule has 0 unspecified atom stereocenters. The molecule has 0 aromatic heterocycles. The number of hydrogen-bond donors (Lipinski definition) is 3. The predicted molar refractivity (Wildman–Crippen MR) is 101 cm³/mol. The number of amides is 1. The van der Waals surface area contributed by atoms with Crippen molar-refractivity contribution in [3.8, 4) is 0 Å². The number of ether oxygens (including phenoxy) is 1. The fourth-order valence-corrected chi connectivity index (χ4v) is 2.84. The van der Waals surface area contributed by atoms with Crippen LogP contribution in [-0.4, -0.2) is 35.9 Å². The molecule has 1 amide bonds. The molecule has 2 rings (SSSR count). The molecule has 7 heteroatoms. The summed E-state index contributed by atoms with van der Waals surface area (Å²) in [5, 5.41) is 6.22. The minimum atomic E-state index is -0.476. The summed E-state index contributed by atoms with van der Waals surface area (Å²) in [5.41, 5.74) is 7.09. The third kappa shape index (κ3) is 5.56. The number of rotatable bonds is 3. The molecular weight excluding hydrogens is 324 g/mol. The number of carbonyl (C=O) groups excluding carboxylic acids is 1. The molecule has 1 aromatic carbocycles. The first kappa shape index (κ1) is 18.3. The van der Waals surface area contributed by atoms with E-state index in [9.17, 15) is 4.79 Å². The molecule has 1 aliphatic rings. The van der Waals surface area contributed by atoms with Gasteiger partial charge in [0.05, 0.1) is 11.4 Å². The van der Waals surface area contributed by atoms with E-state index in [-0.39, 0.29) is 17.2 Å². The van der Waals surface area contributed by atoms with Crippen molar-refractivity contribution in [3.05, 3.63) is 24.3 Å². The average Bonchev–Trinajstić information content (AvgIpc) is 2.46. The van der Waals surface area contributed by atoms with E-state index >= 15 is 0 Å². The molecule has 1 saturated heterocycles. The zero-order valence-corrected chi connectivity index (χ0v) is 15.3. The Morgan fingerprint density at radius 3 is 2.50 bits per heavy atom. The monoisotopic (exact) mass is 350 g/mol. The van der Waals surface area contributed by atoms with Crippen LogP contribution in [0.1, 0.15) is 33.6 Å². The summed E-state index contributed by atoms with van der Waals surface area (Å²) in [6.45, 7) is 7.27. The summed E-state index contributed by atoms with van der Waals surface area (Å²) in [5.74, 6) is 0. The molecule has 24 heavy (non-hydrogen) atoms. The van der Waals surface area contributed by atoms with E-state index < -0.39 is 5.60 Å². The quantitative estimate of drug-likeness (QED) is 0.728. The molecule has 1 aromatic rings. The first-order valence-electron chi connectivity index (χ1n) is 8.14. The van der Waals surface area contributed by atoms with Crippen LogP contribution in [0.15, 0.2) is 24.3 Å². The molecule has 1 heterocycles. The van der Waals surface area contributed by atoms with Gasteiger partial charge in [0.25, 0.3) is 0 Å². The number of nitrogens with zero attached hydrogens (tertiary/aromatic N) is 1. The number of piperidine rings is 1. The molecule has 1 fully saturated rings. The van der Waals surface area contributed by atoms with E-state index in [1.165, 1.54) is 0 Å². The van der Waals surface area contributed by atoms with Crippen molar-refractivity contribution in [2.45, 2.75) is 45.3 Å². The van der Waals surface area contributed by atoms with E-state index in [4.69, 9.17) is 22.7 Å². The van der Waals surface area contributed by atoms with Gasteiger partial charge < -0.3 is 26.0 Å². The molecule has 0 aliphatic carbocycles. The van der Waals surface area contributed by atoms with E-state index in [1.807, 2.05) is 45.0 Å². The summed E-state index contributed by atoms with van der Waals surface area (Å²) in [6.07, 6.45) is 1.37. The van der Waals surface area contributed by atoms with Crippen molar-refractivity contribution >= 4 is 34.8 Å². The van der Waals surface area contributed by atoms with Crippen molar-refractivity contribution in [1.29, 1.82) is 0 Å². The first-order chi connectivity index (χ1) is 11.2. The van der Waals surface area contributed by atoms with E-state index in [2.05, 4.69) is 15.5 Å². The highest BCUT2D eigenvalue weighted by atomic mass is 32.1. The number of benzene rings is 1. The van der Waals surface area contributed by atoms with Gasteiger partial charge in [-0.25, -0.2) is 4.79 Å². The third-order valence-electron chi connectivity index (χ3n) is 3.72. The maximum atomic E-state index is 11.9. The Hall–Kier alpha value is -2.02. The van der Waals surface area contributed by atoms with Crippen LogP contribution in [0.4, 0.5) is 16.2 Å². The van der Waals surface area contributed by atoms with Crippen LogP contribution < -0.4 is 21.3 Å². The van der Waals surface area contributed by atoms with Gasteiger partial charge in [-0.3, -0.25) is 0 Å². The second-order valence-corrected chi connectivity index (χ2v) is 7.35. The summed E-state index contributed by atoms with van der Waals surface area (Å²) in [6, 6.07) is 8.07. The van der Waals surface area contributed by atoms with Crippen LogP contribution in [0.5, 0.6) is 0 Å². The fourth-order valence-electron chi connectivity index (χ4n) is 2.73. The van der Waals surface area contributed by atoms with Crippen LogP contribution in [-0.2, 0) is 4.74 Å². The van der Waals surface area contributed by atoms with Gasteiger partial charge in [-0.1, -0.05) is 12.1 Å². The zero-order chi connectivity index (χ0) is 17.7. The molecule has 4 N–H and O–H groups in total. The molecule has 0 radical (unpaired) electrons. The van der Waals surface area contributed by atoms with Gasteiger partial charge in [0.15, 0.2) is 5.11 Å². The Morgan fingerprint density at radius 1 is 1.29 bits per heavy atom. The molecule has 0 bridgehead atoms. The second kappa shape index (κ2) is 7.70. The first-order valence-corrected chi connectivity index (χ1v) is 8.55. The van der Waals surface area contributed by atoms with Crippen molar-refractivity contribution in [2.75, 3.05) is 23.3 Å². The molecule has 0 spiro atoms. The number of thiocarbonyl (C=S) groups is 1. The lowest BCUT2D eigenvalue weighted by molar-refractivity contribution is 0.0497. The van der Waals surface area contributed by atoms with Gasteiger partial charge in [-0.05, 0) is 58.0 Å². The van der Waals surface area contributed by atoms with Crippen LogP contribution in [0, 0.1) is 0 Å². The standard InChI is InChI=1S/C17H26N4O2S/c1-17(2,3)23-16(22)19-12-8-10-21(11-9-12)14-7-5-4-6-13(14)20-15(18)24/h4-7,12H,8-11H2,1-3H3,(H,19,22)(H3,18,20,24). The maximum Gasteiger partial charge on any atom is 0.407 e. The summed E-state index contributed by atoms with van der Waals surface area (Å²) in [4.78, 5) is 14.1. The molecular formula is C17H26N4O2S. The lowest BCUT2D eigenvalue weighted by atomic mass is 10.0. The molecule has 132 valence electrons. The van der Waals surface area contributed by atoms with E-state index in [1.54, 1.807) is 0 Å². The third-order valence-corrected chi connectivity index (χ3v) is 3.82. The highest BCUT2D eigenvalue weighted by molar-refractivity contribution is 7.80. The highest BCUT2D eigenvalue weighted by Crippen LogP contribution is 2.28. The van der Waals surface area contributed by atoms with Crippen LogP contribution in [0.25, 0.3) is 0 Å². The minimum absolute atomic E-state index is 0.131. The minimum Gasteiger partial charge on any atom is -0.444 e. The van der Waals surface area contributed by atoms with E-state index in [0.717, 1.165) is 37.3 Å². The molecule has 6 nitrogen and oxygen atoms in total. The number of alkyl carbamates (subject to hydrolysis) is 1. The van der Waals surface area contributed by atoms with Gasteiger partial charge in [0.1, 0.15) is 5.60 Å². The van der Waals surface area contributed by atoms with Gasteiger partial charge in [-0.2, -0.15) is 0 Å². The number of para-hydroxylation sites is 2. The Balaban J connectivity index is 1.91. The highest BCUT2D eigenvalue weighted by Gasteiger charge is 2.24. The van der Waals surface area contributed by atoms with Crippen molar-refractivity contribution in [1.82, 2.24) is 5.32 Å². The van der Waals surface area contributed by atoms with Crippen molar-refractivity contribution in [3.63, 3.8) is 0 Å². The molecule has 0 saturated carbocycles. The number of nitrogens with two attached hydrogens (primary N) is 1. The number of anilines is 2. The van der Waals surface area contributed by atoms with Gasteiger partial charge in [0, 0.05) is 19.1 Å². The maximum absolute atomic E-state index is 11.9. The zero-order valence-electron chi connectivity index (χ0n) is 14.5. The van der Waals surface area contributed by atoms with Gasteiger partial charge in [-0.15, -0.1) is 0 Å². The largest absolute Gasteiger partial charge is 0.444 e. The van der Waals surface area contributed by atoms with Crippen LogP contribution in [0.3, 0.4) is 0 Å². The normalized spacial score (nSPS) is 15.7. The van der Waals surface area contributed by atoms with Crippen LogP contribution in [0.2, 0.25) is 0 Å². The fraction of sp³-hybridized carbons (Fsp3) is 0.529. The lowest BCUT2D eigenvalue weighted by Gasteiger charge is -2.35. The Kier molecular flexibility index (Phi) is 5.88. The molecule has 1 aliphatic heterocycles. The second-order valence-electron chi connectivity index (χ2n) is 6.91. The van der Waals surface area contributed by atoms with E-state index in [0.29, 0.717) is 0 Å². The van der Waals surface area contributed by atoms with Crippen molar-refractivity contribution < 1.29 is 9.53 Å². The smallest absolute Gasteiger partial charge is 0.407 e. The Labute approximate surface area is 148 Å². The molecule has 0 atom stereocenters. The summed E-state index contributed by atoms with van der Waals surface area (Å²) in [7, 11) is 0. The summed E-state index contributed by atoms with van der Waals surface area (Å²) < 4.78 is 5.31.